The Morgan fingerprint density at radius 3 is 2.46 bits per heavy atom. The first-order valence-corrected chi connectivity index (χ1v) is 5.91. The van der Waals surface area contributed by atoms with Crippen LogP contribution in [0.4, 0.5) is 4.79 Å². The molecule has 1 aliphatic rings. The highest BCUT2D eigenvalue weighted by Crippen LogP contribution is 2.11. The van der Waals surface area contributed by atoms with Crippen LogP contribution in [-0.2, 0) is 9.84 Å². The summed E-state index contributed by atoms with van der Waals surface area (Å²) in [4.78, 5) is 12.5. The molecule has 76 valence electrons. The number of amides is 2. The average Bonchev–Trinajstić information content (AvgIpc) is 2.30. The fourth-order valence-electron chi connectivity index (χ4n) is 1.21. The summed E-state index contributed by atoms with van der Waals surface area (Å²) >= 11 is 0. The molecule has 1 N–H and O–H groups in total. The normalized spacial score (nSPS) is 25.5. The van der Waals surface area contributed by atoms with E-state index in [1.807, 2.05) is 0 Å². The van der Waals surface area contributed by atoms with Crippen molar-refractivity contribution in [1.82, 2.24) is 10.2 Å². The molecule has 0 spiro atoms. The highest BCUT2D eigenvalue weighted by molar-refractivity contribution is 7.91. The quantitative estimate of drug-likeness (QED) is 0.625. The molecule has 1 rings (SSSR count). The Hall–Kier alpha value is -0.780. The zero-order valence-corrected chi connectivity index (χ0v) is 8.60. The van der Waals surface area contributed by atoms with Crippen LogP contribution < -0.4 is 5.32 Å². The van der Waals surface area contributed by atoms with Crippen molar-refractivity contribution in [1.29, 1.82) is 0 Å². The highest BCUT2D eigenvalue weighted by atomic mass is 32.2. The van der Waals surface area contributed by atoms with Crippen molar-refractivity contribution in [3.63, 3.8) is 0 Å². The van der Waals surface area contributed by atoms with Crippen molar-refractivity contribution in [3.05, 3.63) is 0 Å². The van der Waals surface area contributed by atoms with Gasteiger partial charge >= 0.3 is 6.03 Å². The Bertz CT molecular complexity index is 297. The zero-order valence-electron chi connectivity index (χ0n) is 7.78. The van der Waals surface area contributed by atoms with E-state index < -0.39 is 9.84 Å². The molecule has 2 amide bonds. The number of carbonyl (C=O) groups excluding carboxylic acids is 1. The molecule has 6 heteroatoms. The summed E-state index contributed by atoms with van der Waals surface area (Å²) in [5.41, 5.74) is 0. The predicted octanol–water partition coefficient (Wildman–Crippen LogP) is -0.555. The van der Waals surface area contributed by atoms with E-state index in [0.29, 0.717) is 6.42 Å². The second-order valence-corrected chi connectivity index (χ2v) is 5.67. The molecule has 0 bridgehead atoms. The smallest absolute Gasteiger partial charge is 0.317 e. The van der Waals surface area contributed by atoms with Gasteiger partial charge in [0.1, 0.15) is 0 Å². The van der Waals surface area contributed by atoms with E-state index in [4.69, 9.17) is 0 Å². The molecule has 13 heavy (non-hydrogen) atoms. The van der Waals surface area contributed by atoms with Gasteiger partial charge < -0.3 is 10.2 Å². The lowest BCUT2D eigenvalue weighted by Gasteiger charge is -2.15. The van der Waals surface area contributed by atoms with Crippen molar-refractivity contribution >= 4 is 15.9 Å². The van der Waals surface area contributed by atoms with Gasteiger partial charge in [0.2, 0.25) is 0 Å². The lowest BCUT2D eigenvalue weighted by Crippen LogP contribution is -2.41. The van der Waals surface area contributed by atoms with Crippen molar-refractivity contribution in [2.45, 2.75) is 12.5 Å². The second-order valence-electron chi connectivity index (χ2n) is 3.44. The fraction of sp³-hybridized carbons (Fsp3) is 0.857. The van der Waals surface area contributed by atoms with Crippen molar-refractivity contribution < 1.29 is 13.2 Å². The topological polar surface area (TPSA) is 66.5 Å². The molecule has 0 saturated carbocycles. The second kappa shape index (κ2) is 3.53. The molecule has 5 nitrogen and oxygen atoms in total. The molecule has 0 aromatic carbocycles. The summed E-state index contributed by atoms with van der Waals surface area (Å²) in [7, 11) is 0.348. The SMILES string of the molecule is CN(C)C(=O)NC1CCS(=O)(=O)C1. The molecule has 1 fully saturated rings. The van der Waals surface area contributed by atoms with Gasteiger partial charge in [-0.1, -0.05) is 0 Å². The van der Waals surface area contributed by atoms with Gasteiger partial charge in [0.25, 0.3) is 0 Å². The minimum atomic E-state index is -2.90. The zero-order chi connectivity index (χ0) is 10.1. The summed E-state index contributed by atoms with van der Waals surface area (Å²) in [6.07, 6.45) is 0.530. The number of hydrogen-bond acceptors (Lipinski definition) is 3. The van der Waals surface area contributed by atoms with Crippen molar-refractivity contribution in [2.24, 2.45) is 0 Å². The van der Waals surface area contributed by atoms with Gasteiger partial charge in [0.05, 0.1) is 11.5 Å². The van der Waals surface area contributed by atoms with E-state index in [9.17, 15) is 13.2 Å². The lowest BCUT2D eigenvalue weighted by molar-refractivity contribution is 0.214. The molecule has 0 aromatic heterocycles. The number of urea groups is 1. The monoisotopic (exact) mass is 206 g/mol. The third-order valence-electron chi connectivity index (χ3n) is 1.97. The average molecular weight is 206 g/mol. The molecular weight excluding hydrogens is 192 g/mol. The molecule has 1 aliphatic heterocycles. The van der Waals surface area contributed by atoms with Gasteiger partial charge in [-0.15, -0.1) is 0 Å². The van der Waals surface area contributed by atoms with Gasteiger partial charge in [0.15, 0.2) is 9.84 Å². The number of sulfone groups is 1. The van der Waals surface area contributed by atoms with Gasteiger partial charge in [-0.2, -0.15) is 0 Å². The van der Waals surface area contributed by atoms with Crippen LogP contribution in [0.1, 0.15) is 6.42 Å². The molecule has 1 heterocycles. The summed E-state index contributed by atoms with van der Waals surface area (Å²) in [6, 6.07) is -0.443. The van der Waals surface area contributed by atoms with Crippen LogP contribution in [0.3, 0.4) is 0 Å². The number of carbonyl (C=O) groups is 1. The maximum atomic E-state index is 11.1. The summed E-state index contributed by atoms with van der Waals surface area (Å²) in [6.45, 7) is 0. The molecule has 1 unspecified atom stereocenters. The minimum Gasteiger partial charge on any atom is -0.334 e. The fourth-order valence-corrected chi connectivity index (χ4v) is 2.89. The third-order valence-corrected chi connectivity index (χ3v) is 3.73. The van der Waals surface area contributed by atoms with E-state index >= 15 is 0 Å². The van der Waals surface area contributed by atoms with E-state index in [0.717, 1.165) is 0 Å². The largest absolute Gasteiger partial charge is 0.334 e. The first-order chi connectivity index (χ1) is 5.91. The molecule has 0 aromatic rings. The van der Waals surface area contributed by atoms with Gasteiger partial charge in [-0.05, 0) is 6.42 Å². The van der Waals surface area contributed by atoms with Gasteiger partial charge in [-0.3, -0.25) is 0 Å². The Morgan fingerprint density at radius 1 is 1.46 bits per heavy atom. The maximum Gasteiger partial charge on any atom is 0.317 e. The van der Waals surface area contributed by atoms with E-state index in [2.05, 4.69) is 5.32 Å². The van der Waals surface area contributed by atoms with Crippen LogP contribution in [-0.4, -0.2) is 51.0 Å². The van der Waals surface area contributed by atoms with E-state index in [-0.39, 0.29) is 23.6 Å². The minimum absolute atomic E-state index is 0.0760. The molecular formula is C7H14N2O3S. The van der Waals surface area contributed by atoms with Crippen LogP contribution in [0, 0.1) is 0 Å². The maximum absolute atomic E-state index is 11.1. The molecule has 0 aliphatic carbocycles. The summed E-state index contributed by atoms with van der Waals surface area (Å²) in [5, 5.41) is 2.64. The van der Waals surface area contributed by atoms with Crippen LogP contribution in [0.15, 0.2) is 0 Å². The summed E-state index contributed by atoms with van der Waals surface area (Å²) in [5.74, 6) is 0.262. The Labute approximate surface area is 78.0 Å². The number of nitrogens with one attached hydrogen (secondary N) is 1. The number of rotatable bonds is 1. The number of nitrogens with zero attached hydrogens (tertiary/aromatic N) is 1. The van der Waals surface area contributed by atoms with Crippen molar-refractivity contribution in [2.75, 3.05) is 25.6 Å². The highest BCUT2D eigenvalue weighted by Gasteiger charge is 2.29. The molecule has 0 radical (unpaired) electrons. The van der Waals surface area contributed by atoms with Gasteiger partial charge in [-0.25, -0.2) is 13.2 Å². The first-order valence-electron chi connectivity index (χ1n) is 4.09. The van der Waals surface area contributed by atoms with Crippen LogP contribution in [0.25, 0.3) is 0 Å². The Morgan fingerprint density at radius 2 is 2.08 bits per heavy atom. The van der Waals surface area contributed by atoms with Crippen molar-refractivity contribution in [3.8, 4) is 0 Å². The molecule has 1 saturated heterocycles. The predicted molar refractivity (Wildman–Crippen MR) is 49.3 cm³/mol. The van der Waals surface area contributed by atoms with E-state index in [1.165, 1.54) is 4.90 Å². The van der Waals surface area contributed by atoms with Crippen LogP contribution >= 0.6 is 0 Å². The first kappa shape index (κ1) is 10.3. The lowest BCUT2D eigenvalue weighted by atomic mass is 10.3. The van der Waals surface area contributed by atoms with Crippen LogP contribution in [0.5, 0.6) is 0 Å². The van der Waals surface area contributed by atoms with E-state index in [1.54, 1.807) is 14.1 Å². The Balaban J connectivity index is 2.46. The van der Waals surface area contributed by atoms with Crippen LogP contribution in [0.2, 0.25) is 0 Å². The Kier molecular flexibility index (Phi) is 2.80. The number of hydrogen-bond donors (Lipinski definition) is 1. The standard InChI is InChI=1S/C7H14N2O3S/c1-9(2)7(10)8-6-3-4-13(11,12)5-6/h6H,3-5H2,1-2H3,(H,8,10). The third kappa shape index (κ3) is 2.87. The summed E-state index contributed by atoms with van der Waals surface area (Å²) < 4.78 is 22.1. The van der Waals surface area contributed by atoms with Gasteiger partial charge in [0, 0.05) is 20.1 Å². The molecule has 1 atom stereocenters.